The number of aromatic nitrogens is 1. The Balaban J connectivity index is 0.00000650. The van der Waals surface area contributed by atoms with Gasteiger partial charge in [0, 0.05) is 48.0 Å². The average Bonchev–Trinajstić information content (AvgIpc) is 3.57. The van der Waals surface area contributed by atoms with Crippen molar-refractivity contribution in [3.8, 4) is 0 Å². The molecule has 0 saturated heterocycles. The van der Waals surface area contributed by atoms with Crippen molar-refractivity contribution >= 4 is 34.9 Å². The normalized spacial score (nSPS) is 12.0. The summed E-state index contributed by atoms with van der Waals surface area (Å²) in [5.74, 6) is -0.401. The van der Waals surface area contributed by atoms with Crippen LogP contribution in [0.2, 0.25) is 0 Å². The summed E-state index contributed by atoms with van der Waals surface area (Å²) in [5, 5.41) is 23.4. The van der Waals surface area contributed by atoms with E-state index in [4.69, 9.17) is 4.74 Å². The van der Waals surface area contributed by atoms with Gasteiger partial charge in [-0.3, -0.25) is 14.9 Å². The molecule has 0 saturated carbocycles. The fourth-order valence-electron chi connectivity index (χ4n) is 5.78. The zero-order valence-corrected chi connectivity index (χ0v) is 32.1. The number of carbonyl (C=O) groups excluding carboxylic acids is 3. The third kappa shape index (κ3) is 12.3. The van der Waals surface area contributed by atoms with Crippen LogP contribution in [0.4, 0.5) is 10.5 Å². The van der Waals surface area contributed by atoms with E-state index < -0.39 is 24.1 Å². The zero-order valence-electron chi connectivity index (χ0n) is 31.2. The van der Waals surface area contributed by atoms with Crippen molar-refractivity contribution in [1.82, 2.24) is 26.7 Å². The Kier molecular flexibility index (Phi) is 15.4. The second-order valence-corrected chi connectivity index (χ2v) is 14.3. The minimum absolute atomic E-state index is 0. The number of thiazole rings is 1. The van der Waals surface area contributed by atoms with Crippen LogP contribution in [0.25, 0.3) is 0 Å². The van der Waals surface area contributed by atoms with Gasteiger partial charge in [-0.15, -0.1) is 11.3 Å². The second-order valence-electron chi connectivity index (χ2n) is 13.4. The predicted octanol–water partition coefficient (Wildman–Crippen LogP) is 7.25. The molecular formula is C42H50N6O5S. The van der Waals surface area contributed by atoms with Crippen molar-refractivity contribution < 1.29 is 24.2 Å². The first-order chi connectivity index (χ1) is 25.5. The predicted molar refractivity (Wildman–Crippen MR) is 214 cm³/mol. The van der Waals surface area contributed by atoms with Crippen LogP contribution in [0.15, 0.2) is 109 Å². The summed E-state index contributed by atoms with van der Waals surface area (Å²) < 4.78 is 5.42. The Morgan fingerprint density at radius 2 is 1.56 bits per heavy atom. The molecule has 54 heavy (non-hydrogen) atoms. The molecular weight excluding hydrogens is 701 g/mol. The van der Waals surface area contributed by atoms with Gasteiger partial charge >= 0.3 is 6.09 Å². The number of hydrogen-bond acceptors (Lipinski definition) is 9. The van der Waals surface area contributed by atoms with Gasteiger partial charge in [0.1, 0.15) is 11.6 Å². The van der Waals surface area contributed by atoms with Crippen LogP contribution in [0.3, 0.4) is 0 Å². The number of aliphatic hydroxyl groups is 1. The highest BCUT2D eigenvalue weighted by Crippen LogP contribution is 2.22. The molecule has 5 rings (SSSR count). The number of amides is 3. The molecule has 0 fully saturated rings. The van der Waals surface area contributed by atoms with Crippen molar-refractivity contribution in [2.75, 3.05) is 18.9 Å². The summed E-state index contributed by atoms with van der Waals surface area (Å²) in [6.07, 6.45) is -1.10. The van der Waals surface area contributed by atoms with Crippen LogP contribution in [-0.4, -0.2) is 58.6 Å². The number of nitrogens with zero attached hydrogens (tertiary/aromatic N) is 2. The summed E-state index contributed by atoms with van der Waals surface area (Å²) in [6.45, 7) is 7.21. The molecule has 0 radical (unpaired) electrons. The Labute approximate surface area is 321 Å². The highest BCUT2D eigenvalue weighted by Gasteiger charge is 2.24. The molecule has 0 spiro atoms. The highest BCUT2D eigenvalue weighted by molar-refractivity contribution is 7.09. The number of anilines is 1. The first-order valence-corrected chi connectivity index (χ1v) is 18.5. The Morgan fingerprint density at radius 1 is 0.870 bits per heavy atom. The minimum Gasteiger partial charge on any atom is -0.444 e. The van der Waals surface area contributed by atoms with Crippen LogP contribution in [0.1, 0.15) is 73.4 Å². The number of hydrogen-bond donors (Lipinski definition) is 5. The van der Waals surface area contributed by atoms with Gasteiger partial charge in [-0.25, -0.2) is 9.78 Å². The lowest BCUT2D eigenvalue weighted by molar-refractivity contribution is 0.0784. The maximum absolute atomic E-state index is 13.6. The number of aliphatic hydroxyl groups excluding tert-OH is 1. The van der Waals surface area contributed by atoms with Gasteiger partial charge < -0.3 is 31.5 Å². The van der Waals surface area contributed by atoms with Gasteiger partial charge in [0.15, 0.2) is 0 Å². The van der Waals surface area contributed by atoms with Gasteiger partial charge in [-0.05, 0) is 71.8 Å². The molecule has 0 unspecified atom stereocenters. The number of benzene rings is 4. The topological polar surface area (TPSA) is 168 Å². The third-order valence-electron chi connectivity index (χ3n) is 8.66. The standard InChI is InChI=1S/C42H47N5O5S.H3N/c1-28(2)35-18-32(19-36(22-35)45-42(51)52-26-31-14-9-6-10-15-31)23-43-24-38(48)37(20-30-12-7-5-8-13-30)46-40(49)33-16-11-17-34(21-33)41(50)47(4)25-39-44-29(3)27-53-39;/h5-19,21-22,27-28,37-38,43,48H,20,23-26H2,1-4H3,(H,45,51)(H,46,49);1H3/t37-,38+;/m0./s1. The van der Waals surface area contributed by atoms with E-state index in [1.807, 2.05) is 85.1 Å². The number of carbonyl (C=O) groups is 3. The quantitative estimate of drug-likeness (QED) is 0.0703. The van der Waals surface area contributed by atoms with Crippen molar-refractivity contribution in [3.05, 3.63) is 153 Å². The first kappa shape index (κ1) is 41.4. The monoisotopic (exact) mass is 750 g/mol. The zero-order chi connectivity index (χ0) is 37.7. The lowest BCUT2D eigenvalue weighted by Crippen LogP contribution is -2.48. The molecule has 1 aromatic heterocycles. The van der Waals surface area contributed by atoms with Gasteiger partial charge in [0.05, 0.1) is 18.7 Å². The molecule has 12 heteroatoms. The second kappa shape index (κ2) is 20.2. The van der Waals surface area contributed by atoms with Crippen LogP contribution in [-0.2, 0) is 30.9 Å². The fraction of sp³-hybridized carbons (Fsp3) is 0.286. The fourth-order valence-corrected chi connectivity index (χ4v) is 6.60. The number of nitrogens with one attached hydrogen (secondary N) is 3. The van der Waals surface area contributed by atoms with Gasteiger partial charge in [-0.2, -0.15) is 0 Å². The van der Waals surface area contributed by atoms with E-state index in [0.717, 1.165) is 33.0 Å². The lowest BCUT2D eigenvalue weighted by atomic mass is 9.99. The van der Waals surface area contributed by atoms with E-state index in [0.29, 0.717) is 36.3 Å². The van der Waals surface area contributed by atoms with Gasteiger partial charge in [-0.1, -0.05) is 86.6 Å². The van der Waals surface area contributed by atoms with Crippen LogP contribution in [0, 0.1) is 6.92 Å². The Bertz CT molecular complexity index is 1970. The molecule has 2 atom stereocenters. The maximum Gasteiger partial charge on any atom is 0.411 e. The number of ether oxygens (including phenoxy) is 1. The molecule has 0 aliphatic heterocycles. The number of aryl methyl sites for hydroxylation is 1. The first-order valence-electron chi connectivity index (χ1n) is 17.7. The van der Waals surface area contributed by atoms with Crippen LogP contribution < -0.4 is 22.1 Å². The highest BCUT2D eigenvalue weighted by atomic mass is 32.1. The van der Waals surface area contributed by atoms with Gasteiger partial charge in [0.2, 0.25) is 0 Å². The number of rotatable bonds is 16. The summed E-state index contributed by atoms with van der Waals surface area (Å²) in [5.41, 5.74) is 6.05. The van der Waals surface area contributed by atoms with E-state index in [-0.39, 0.29) is 31.1 Å². The van der Waals surface area contributed by atoms with Crippen molar-refractivity contribution in [2.24, 2.45) is 0 Å². The summed E-state index contributed by atoms with van der Waals surface area (Å²) in [4.78, 5) is 45.5. The van der Waals surface area contributed by atoms with E-state index in [9.17, 15) is 19.5 Å². The molecule has 4 aromatic carbocycles. The van der Waals surface area contributed by atoms with Gasteiger partial charge in [0.25, 0.3) is 11.8 Å². The molecule has 7 N–H and O–H groups in total. The molecule has 0 bridgehead atoms. The molecule has 0 aliphatic carbocycles. The largest absolute Gasteiger partial charge is 0.444 e. The Hall–Kier alpha value is -5.40. The van der Waals surface area contributed by atoms with E-state index in [1.54, 1.807) is 36.2 Å². The van der Waals surface area contributed by atoms with Crippen LogP contribution >= 0.6 is 11.3 Å². The van der Waals surface area contributed by atoms with Crippen LogP contribution in [0.5, 0.6) is 0 Å². The van der Waals surface area contributed by atoms with Crippen molar-refractivity contribution in [3.63, 3.8) is 0 Å². The third-order valence-corrected chi connectivity index (χ3v) is 9.61. The molecule has 1 heterocycles. The minimum atomic E-state index is -0.948. The summed E-state index contributed by atoms with van der Waals surface area (Å²) >= 11 is 1.50. The smallest absolute Gasteiger partial charge is 0.411 e. The average molecular weight is 751 g/mol. The lowest BCUT2D eigenvalue weighted by Gasteiger charge is -2.25. The van der Waals surface area contributed by atoms with E-state index >= 15 is 0 Å². The van der Waals surface area contributed by atoms with E-state index in [1.165, 1.54) is 11.3 Å². The molecule has 3 amide bonds. The van der Waals surface area contributed by atoms with E-state index in [2.05, 4.69) is 40.8 Å². The summed E-state index contributed by atoms with van der Waals surface area (Å²) in [7, 11) is 1.71. The van der Waals surface area contributed by atoms with Crippen molar-refractivity contribution in [1.29, 1.82) is 0 Å². The maximum atomic E-state index is 13.6. The Morgan fingerprint density at radius 3 is 2.22 bits per heavy atom. The molecule has 11 nitrogen and oxygen atoms in total. The summed E-state index contributed by atoms with van der Waals surface area (Å²) in [6, 6.07) is 31.0. The SMILES string of the molecule is Cc1csc(CN(C)C(=O)c2cccc(C(=O)N[C@@H](Cc3ccccc3)[C@H](O)CNCc3cc(NC(=O)OCc4ccccc4)cc(C(C)C)c3)c2)n1.N. The molecule has 284 valence electrons. The molecule has 5 aromatic rings. The molecule has 0 aliphatic rings. The van der Waals surface area contributed by atoms with Crippen molar-refractivity contribution in [2.45, 2.75) is 65.0 Å².